The Balaban J connectivity index is 1.46. The molecule has 1 heterocycles. The summed E-state index contributed by atoms with van der Waals surface area (Å²) in [5, 5.41) is 6.59. The van der Waals surface area contributed by atoms with Gasteiger partial charge in [0.05, 0.1) is 19.2 Å². The van der Waals surface area contributed by atoms with Crippen molar-refractivity contribution in [2.45, 2.75) is 19.0 Å². The minimum Gasteiger partial charge on any atom is -0.497 e. The minimum atomic E-state index is -4.44. The van der Waals surface area contributed by atoms with Crippen LogP contribution in [0.5, 0.6) is 5.75 Å². The number of halogens is 3. The largest absolute Gasteiger partial charge is 0.497 e. The van der Waals surface area contributed by atoms with Crippen molar-refractivity contribution in [3.8, 4) is 17.1 Å². The van der Waals surface area contributed by atoms with Crippen molar-refractivity contribution in [3.63, 3.8) is 0 Å². The van der Waals surface area contributed by atoms with Crippen molar-refractivity contribution in [2.24, 2.45) is 0 Å². The molecule has 1 amide bonds. The van der Waals surface area contributed by atoms with Gasteiger partial charge in [-0.2, -0.15) is 18.2 Å². The van der Waals surface area contributed by atoms with E-state index in [0.717, 1.165) is 12.1 Å². The van der Waals surface area contributed by atoms with Crippen LogP contribution in [0.15, 0.2) is 53.1 Å². The van der Waals surface area contributed by atoms with Crippen LogP contribution in [-0.2, 0) is 17.4 Å². The fraction of sp³-hybridized carbons (Fsp3) is 0.318. The van der Waals surface area contributed by atoms with E-state index in [2.05, 4.69) is 15.5 Å². The van der Waals surface area contributed by atoms with E-state index in [9.17, 15) is 18.0 Å². The van der Waals surface area contributed by atoms with Crippen LogP contribution >= 0.6 is 0 Å². The van der Waals surface area contributed by atoms with Crippen molar-refractivity contribution < 1.29 is 27.2 Å². The van der Waals surface area contributed by atoms with Crippen LogP contribution in [0.3, 0.4) is 0 Å². The van der Waals surface area contributed by atoms with Crippen LogP contribution in [0, 0.1) is 0 Å². The first-order valence-electron chi connectivity index (χ1n) is 9.87. The Labute approximate surface area is 183 Å². The van der Waals surface area contributed by atoms with Gasteiger partial charge in [-0.15, -0.1) is 0 Å². The molecule has 0 saturated carbocycles. The van der Waals surface area contributed by atoms with E-state index in [1.807, 2.05) is 11.9 Å². The van der Waals surface area contributed by atoms with E-state index < -0.39 is 11.7 Å². The molecular formula is C22H23F3N4O3. The lowest BCUT2D eigenvalue weighted by Crippen LogP contribution is -2.31. The number of hydrogen-bond acceptors (Lipinski definition) is 6. The second-order valence-electron chi connectivity index (χ2n) is 7.21. The number of ether oxygens (including phenoxy) is 1. The number of likely N-dealkylation sites (N-methyl/N-ethyl adjacent to an activating group) is 1. The third kappa shape index (κ3) is 6.55. The molecule has 0 radical (unpaired) electrons. The number of carbonyl (C=O) groups is 1. The van der Waals surface area contributed by atoms with Gasteiger partial charge in [-0.05, 0) is 44.3 Å². The van der Waals surface area contributed by atoms with Crippen molar-refractivity contribution >= 4 is 11.6 Å². The summed E-state index contributed by atoms with van der Waals surface area (Å²) < 4.78 is 48.9. The summed E-state index contributed by atoms with van der Waals surface area (Å²) in [6.07, 6.45) is -3.37. The maximum atomic E-state index is 12.9. The molecule has 2 aromatic carbocycles. The summed E-state index contributed by atoms with van der Waals surface area (Å²) in [7, 11) is 3.37. The average molecular weight is 448 g/mol. The van der Waals surface area contributed by atoms with Gasteiger partial charge in [0.1, 0.15) is 5.75 Å². The predicted molar refractivity (Wildman–Crippen MR) is 112 cm³/mol. The number of amides is 1. The van der Waals surface area contributed by atoms with Crippen LogP contribution in [0.4, 0.5) is 18.9 Å². The lowest BCUT2D eigenvalue weighted by Gasteiger charge is -2.15. The van der Waals surface area contributed by atoms with E-state index in [1.54, 1.807) is 31.4 Å². The Morgan fingerprint density at radius 2 is 1.97 bits per heavy atom. The number of anilines is 1. The molecule has 3 aromatic rings. The fourth-order valence-corrected chi connectivity index (χ4v) is 3.03. The topological polar surface area (TPSA) is 80.5 Å². The third-order valence-electron chi connectivity index (χ3n) is 4.61. The second kappa shape index (κ2) is 10.3. The van der Waals surface area contributed by atoms with Gasteiger partial charge in [-0.1, -0.05) is 23.4 Å². The van der Waals surface area contributed by atoms with Crippen LogP contribution < -0.4 is 10.1 Å². The molecule has 1 aromatic heterocycles. The molecule has 0 aliphatic carbocycles. The number of aryl methyl sites for hydroxylation is 1. The molecule has 0 fully saturated rings. The lowest BCUT2D eigenvalue weighted by molar-refractivity contribution is -0.137. The van der Waals surface area contributed by atoms with Gasteiger partial charge in [0, 0.05) is 23.7 Å². The zero-order chi connectivity index (χ0) is 23.1. The minimum absolute atomic E-state index is 0.108. The van der Waals surface area contributed by atoms with Gasteiger partial charge in [0.15, 0.2) is 0 Å². The molecule has 170 valence electrons. The normalized spacial score (nSPS) is 11.6. The highest BCUT2D eigenvalue weighted by Gasteiger charge is 2.30. The number of benzene rings is 2. The van der Waals surface area contributed by atoms with E-state index in [1.165, 1.54) is 12.1 Å². The summed E-state index contributed by atoms with van der Waals surface area (Å²) in [6, 6.07) is 11.9. The van der Waals surface area contributed by atoms with E-state index >= 15 is 0 Å². The molecule has 32 heavy (non-hydrogen) atoms. The SMILES string of the molecule is COc1cccc(NC(=O)CN(C)CCCc2nc(-c3cccc(C(F)(F)F)c3)no2)c1. The Hall–Kier alpha value is -3.40. The van der Waals surface area contributed by atoms with Crippen LogP contribution in [0.1, 0.15) is 17.9 Å². The molecule has 0 atom stereocenters. The monoisotopic (exact) mass is 448 g/mol. The standard InChI is InChI=1S/C22H23F3N4O3/c1-29(14-19(30)26-17-8-4-9-18(13-17)31-2)11-5-10-20-27-21(28-32-20)15-6-3-7-16(12-15)22(23,24)25/h3-4,6-9,12-13H,5,10-11,14H2,1-2H3,(H,26,30). The summed E-state index contributed by atoms with van der Waals surface area (Å²) in [5.74, 6) is 0.925. The zero-order valence-electron chi connectivity index (χ0n) is 17.6. The van der Waals surface area contributed by atoms with Crippen LogP contribution in [-0.4, -0.2) is 48.2 Å². The number of nitrogens with zero attached hydrogens (tertiary/aromatic N) is 3. The Kier molecular flexibility index (Phi) is 7.47. The summed E-state index contributed by atoms with van der Waals surface area (Å²) in [4.78, 5) is 18.2. The number of alkyl halides is 3. The molecule has 0 spiro atoms. The van der Waals surface area contributed by atoms with Crippen LogP contribution in [0.25, 0.3) is 11.4 Å². The second-order valence-corrected chi connectivity index (χ2v) is 7.21. The van der Waals surface area contributed by atoms with E-state index in [0.29, 0.717) is 36.7 Å². The number of nitrogens with one attached hydrogen (secondary N) is 1. The summed E-state index contributed by atoms with van der Waals surface area (Å²) >= 11 is 0. The summed E-state index contributed by atoms with van der Waals surface area (Å²) in [5.41, 5.74) is 0.118. The molecule has 1 N–H and O–H groups in total. The third-order valence-corrected chi connectivity index (χ3v) is 4.61. The summed E-state index contributed by atoms with van der Waals surface area (Å²) in [6.45, 7) is 0.781. The number of aromatic nitrogens is 2. The van der Waals surface area contributed by atoms with Gasteiger partial charge < -0.3 is 14.6 Å². The number of rotatable bonds is 9. The van der Waals surface area contributed by atoms with Gasteiger partial charge in [-0.3, -0.25) is 9.69 Å². The smallest absolute Gasteiger partial charge is 0.416 e. The predicted octanol–water partition coefficient (Wildman–Crippen LogP) is 4.27. The van der Waals surface area contributed by atoms with Gasteiger partial charge in [0.25, 0.3) is 0 Å². The molecule has 0 aliphatic heterocycles. The molecule has 10 heteroatoms. The highest BCUT2D eigenvalue weighted by Crippen LogP contribution is 2.31. The molecule has 0 bridgehead atoms. The van der Waals surface area contributed by atoms with Crippen molar-refractivity contribution in [1.82, 2.24) is 15.0 Å². The first-order chi connectivity index (χ1) is 15.2. The Bertz CT molecular complexity index is 1050. The molecule has 7 nitrogen and oxygen atoms in total. The van der Waals surface area contributed by atoms with Gasteiger partial charge in [-0.25, -0.2) is 0 Å². The molecule has 0 aliphatic rings. The van der Waals surface area contributed by atoms with Crippen molar-refractivity contribution in [1.29, 1.82) is 0 Å². The highest BCUT2D eigenvalue weighted by molar-refractivity contribution is 5.92. The molecule has 3 rings (SSSR count). The number of carbonyl (C=O) groups excluding carboxylic acids is 1. The van der Waals surface area contributed by atoms with Crippen molar-refractivity contribution in [3.05, 3.63) is 60.0 Å². The first kappa shape index (κ1) is 23.3. The lowest BCUT2D eigenvalue weighted by atomic mass is 10.1. The number of methoxy groups -OCH3 is 1. The number of hydrogen-bond donors (Lipinski definition) is 1. The van der Waals surface area contributed by atoms with Gasteiger partial charge >= 0.3 is 6.18 Å². The maximum Gasteiger partial charge on any atom is 0.416 e. The van der Waals surface area contributed by atoms with Crippen molar-refractivity contribution in [2.75, 3.05) is 32.6 Å². The average Bonchev–Trinajstić information content (AvgIpc) is 3.22. The van der Waals surface area contributed by atoms with E-state index in [4.69, 9.17) is 9.26 Å². The molecule has 0 unspecified atom stereocenters. The molecule has 0 saturated heterocycles. The molecular weight excluding hydrogens is 425 g/mol. The maximum absolute atomic E-state index is 12.9. The Morgan fingerprint density at radius 1 is 1.19 bits per heavy atom. The zero-order valence-corrected chi connectivity index (χ0v) is 17.6. The fourth-order valence-electron chi connectivity index (χ4n) is 3.03. The van der Waals surface area contributed by atoms with E-state index in [-0.39, 0.29) is 23.8 Å². The first-order valence-corrected chi connectivity index (χ1v) is 9.87. The quantitative estimate of drug-likeness (QED) is 0.527. The van der Waals surface area contributed by atoms with Crippen LogP contribution in [0.2, 0.25) is 0 Å². The highest BCUT2D eigenvalue weighted by atomic mass is 19.4. The van der Waals surface area contributed by atoms with Gasteiger partial charge in [0.2, 0.25) is 17.6 Å². The Morgan fingerprint density at radius 3 is 2.72 bits per heavy atom.